The predicted molar refractivity (Wildman–Crippen MR) is 94.5 cm³/mol. The van der Waals surface area contributed by atoms with Crippen molar-refractivity contribution in [2.24, 2.45) is 5.73 Å². The first-order chi connectivity index (χ1) is 11.7. The molecule has 3 aliphatic rings. The molecule has 0 radical (unpaired) electrons. The lowest BCUT2D eigenvalue weighted by Gasteiger charge is -2.43. The topological polar surface area (TPSA) is 62.0 Å². The smallest absolute Gasteiger partial charge is 0.324 e. The lowest BCUT2D eigenvalue weighted by atomic mass is 10.0. The summed E-state index contributed by atoms with van der Waals surface area (Å²) in [6, 6.07) is 9.01. The van der Waals surface area contributed by atoms with Crippen molar-refractivity contribution in [3.05, 3.63) is 24.3 Å². The molecule has 1 aromatic rings. The minimum Gasteiger partial charge on any atom is -0.381 e. The average molecular weight is 330 g/mol. The minimum absolute atomic E-state index is 0.0991. The zero-order valence-corrected chi connectivity index (χ0v) is 14.1. The summed E-state index contributed by atoms with van der Waals surface area (Å²) in [4.78, 5) is 19.2. The summed E-state index contributed by atoms with van der Waals surface area (Å²) in [6.45, 7) is 4.71. The number of nitrogens with zero attached hydrogens (tertiary/aromatic N) is 3. The highest BCUT2D eigenvalue weighted by atomic mass is 16.5. The van der Waals surface area contributed by atoms with Crippen molar-refractivity contribution in [2.75, 3.05) is 49.2 Å². The van der Waals surface area contributed by atoms with Crippen LogP contribution in [0.2, 0.25) is 0 Å². The van der Waals surface area contributed by atoms with Gasteiger partial charge < -0.3 is 20.3 Å². The van der Waals surface area contributed by atoms with Crippen molar-refractivity contribution in [1.29, 1.82) is 0 Å². The van der Waals surface area contributed by atoms with Crippen LogP contribution in [0.3, 0.4) is 0 Å². The fourth-order valence-electron chi connectivity index (χ4n) is 4.09. The highest BCUT2D eigenvalue weighted by Gasteiger charge is 2.34. The fraction of sp³-hybridized carbons (Fsp3) is 0.611. The first-order valence-corrected chi connectivity index (χ1v) is 8.99. The molecule has 6 heteroatoms. The molecule has 2 fully saturated rings. The molecule has 0 bridgehead atoms. The zero-order valence-electron chi connectivity index (χ0n) is 14.1. The van der Waals surface area contributed by atoms with Gasteiger partial charge in [-0.05, 0) is 31.4 Å². The van der Waals surface area contributed by atoms with Gasteiger partial charge in [0.15, 0.2) is 0 Å². The maximum Gasteiger partial charge on any atom is 0.324 e. The molecule has 0 aliphatic carbocycles. The predicted octanol–water partition coefficient (Wildman–Crippen LogP) is 1.64. The number of likely N-dealkylation sites (tertiary alicyclic amines) is 1. The average Bonchev–Trinajstić information content (AvgIpc) is 3.07. The molecule has 130 valence electrons. The molecule has 0 spiro atoms. The largest absolute Gasteiger partial charge is 0.381 e. The minimum atomic E-state index is 0.0991. The SMILES string of the molecule is NC1CCN(C(=O)N2CCN(C3CCOCC3)c3ccccc32)C1. The molecule has 1 unspecified atom stereocenters. The van der Waals surface area contributed by atoms with Crippen LogP contribution in [0.15, 0.2) is 24.3 Å². The number of fused-ring (bicyclic) bond motifs is 1. The number of carbonyl (C=O) groups excluding carboxylic acids is 1. The van der Waals surface area contributed by atoms with Gasteiger partial charge in [0, 0.05) is 51.5 Å². The van der Waals surface area contributed by atoms with Gasteiger partial charge in [-0.1, -0.05) is 12.1 Å². The van der Waals surface area contributed by atoms with Crippen LogP contribution in [0.4, 0.5) is 16.2 Å². The summed E-state index contributed by atoms with van der Waals surface area (Å²) >= 11 is 0. The van der Waals surface area contributed by atoms with Crippen LogP contribution in [0.1, 0.15) is 19.3 Å². The normalized spacial score (nSPS) is 25.0. The molecule has 2 N–H and O–H groups in total. The van der Waals surface area contributed by atoms with Gasteiger partial charge in [-0.2, -0.15) is 0 Å². The molecule has 2 saturated heterocycles. The first kappa shape index (κ1) is 15.7. The Morgan fingerprint density at radius 1 is 1.04 bits per heavy atom. The zero-order chi connectivity index (χ0) is 16.5. The number of hydrogen-bond acceptors (Lipinski definition) is 4. The molecule has 3 heterocycles. The van der Waals surface area contributed by atoms with Gasteiger partial charge in [0.05, 0.1) is 11.4 Å². The Hall–Kier alpha value is -1.79. The third-order valence-electron chi connectivity index (χ3n) is 5.40. The summed E-state index contributed by atoms with van der Waals surface area (Å²) < 4.78 is 5.51. The maximum atomic E-state index is 12.9. The van der Waals surface area contributed by atoms with E-state index in [1.807, 2.05) is 15.9 Å². The molecule has 1 atom stereocenters. The first-order valence-electron chi connectivity index (χ1n) is 8.99. The van der Waals surface area contributed by atoms with Crippen molar-refractivity contribution in [3.63, 3.8) is 0 Å². The van der Waals surface area contributed by atoms with Gasteiger partial charge in [0.25, 0.3) is 0 Å². The van der Waals surface area contributed by atoms with Crippen LogP contribution in [0.5, 0.6) is 0 Å². The van der Waals surface area contributed by atoms with Crippen LogP contribution < -0.4 is 15.5 Å². The van der Waals surface area contributed by atoms with E-state index < -0.39 is 0 Å². The number of benzene rings is 1. The second-order valence-corrected chi connectivity index (χ2v) is 6.95. The number of urea groups is 1. The number of para-hydroxylation sites is 2. The molecular formula is C18H26N4O2. The number of ether oxygens (including phenoxy) is 1. The third kappa shape index (κ3) is 2.84. The number of rotatable bonds is 1. The van der Waals surface area contributed by atoms with E-state index in [-0.39, 0.29) is 12.1 Å². The summed E-state index contributed by atoms with van der Waals surface area (Å²) in [5, 5.41) is 0. The Morgan fingerprint density at radius 3 is 2.50 bits per heavy atom. The van der Waals surface area contributed by atoms with Crippen LogP contribution in [-0.2, 0) is 4.74 Å². The molecule has 2 amide bonds. The van der Waals surface area contributed by atoms with Crippen LogP contribution >= 0.6 is 0 Å². The lowest BCUT2D eigenvalue weighted by molar-refractivity contribution is 0.0843. The number of hydrogen-bond donors (Lipinski definition) is 1. The molecular weight excluding hydrogens is 304 g/mol. The maximum absolute atomic E-state index is 12.9. The van der Waals surface area contributed by atoms with Crippen molar-refractivity contribution < 1.29 is 9.53 Å². The van der Waals surface area contributed by atoms with E-state index in [1.165, 1.54) is 5.69 Å². The fourth-order valence-corrected chi connectivity index (χ4v) is 4.09. The number of nitrogens with two attached hydrogens (primary N) is 1. The second kappa shape index (κ2) is 6.61. The number of carbonyl (C=O) groups is 1. The van der Waals surface area contributed by atoms with Crippen LogP contribution in [0, 0.1) is 0 Å². The highest BCUT2D eigenvalue weighted by Crippen LogP contribution is 2.36. The quantitative estimate of drug-likeness (QED) is 0.850. The van der Waals surface area contributed by atoms with Gasteiger partial charge in [0.2, 0.25) is 0 Å². The van der Waals surface area contributed by atoms with Crippen molar-refractivity contribution in [1.82, 2.24) is 4.90 Å². The Morgan fingerprint density at radius 2 is 1.79 bits per heavy atom. The van der Waals surface area contributed by atoms with Crippen LogP contribution in [-0.4, -0.2) is 62.4 Å². The highest BCUT2D eigenvalue weighted by molar-refractivity contribution is 5.97. The summed E-state index contributed by atoms with van der Waals surface area (Å²) in [5.41, 5.74) is 8.18. The van der Waals surface area contributed by atoms with Gasteiger partial charge in [0.1, 0.15) is 0 Å². The molecule has 0 saturated carbocycles. The van der Waals surface area contributed by atoms with E-state index in [0.29, 0.717) is 12.6 Å². The number of amides is 2. The van der Waals surface area contributed by atoms with E-state index in [4.69, 9.17) is 10.5 Å². The molecule has 24 heavy (non-hydrogen) atoms. The summed E-state index contributed by atoms with van der Waals surface area (Å²) in [6.07, 6.45) is 3.02. The molecule has 6 nitrogen and oxygen atoms in total. The van der Waals surface area contributed by atoms with E-state index in [2.05, 4.69) is 23.1 Å². The second-order valence-electron chi connectivity index (χ2n) is 6.95. The van der Waals surface area contributed by atoms with E-state index in [9.17, 15) is 4.79 Å². The Labute approximate surface area is 143 Å². The molecule has 1 aromatic carbocycles. The van der Waals surface area contributed by atoms with Gasteiger partial charge >= 0.3 is 6.03 Å². The standard InChI is InChI=1S/C18H26N4O2/c19-14-5-8-20(13-14)18(23)22-10-9-21(15-6-11-24-12-7-15)16-3-1-2-4-17(16)22/h1-4,14-15H,5-13,19H2. The Balaban J connectivity index is 1.58. The van der Waals surface area contributed by atoms with E-state index in [0.717, 1.165) is 57.8 Å². The summed E-state index contributed by atoms with van der Waals surface area (Å²) in [5.74, 6) is 0. The van der Waals surface area contributed by atoms with Gasteiger partial charge in [-0.3, -0.25) is 4.90 Å². The van der Waals surface area contributed by atoms with Crippen molar-refractivity contribution in [3.8, 4) is 0 Å². The Bertz CT molecular complexity index is 602. The third-order valence-corrected chi connectivity index (χ3v) is 5.40. The monoisotopic (exact) mass is 330 g/mol. The van der Waals surface area contributed by atoms with Crippen molar-refractivity contribution >= 4 is 17.4 Å². The lowest BCUT2D eigenvalue weighted by Crippen LogP contribution is -2.52. The number of anilines is 2. The van der Waals surface area contributed by atoms with Gasteiger partial charge in [-0.25, -0.2) is 4.79 Å². The summed E-state index contributed by atoms with van der Waals surface area (Å²) in [7, 11) is 0. The van der Waals surface area contributed by atoms with E-state index in [1.54, 1.807) is 0 Å². The van der Waals surface area contributed by atoms with E-state index >= 15 is 0 Å². The van der Waals surface area contributed by atoms with Gasteiger partial charge in [-0.15, -0.1) is 0 Å². The molecule has 4 rings (SSSR count). The Kier molecular flexibility index (Phi) is 4.33. The van der Waals surface area contributed by atoms with Crippen LogP contribution in [0.25, 0.3) is 0 Å². The molecule has 0 aromatic heterocycles. The molecule has 3 aliphatic heterocycles. The van der Waals surface area contributed by atoms with Crippen molar-refractivity contribution in [2.45, 2.75) is 31.3 Å².